The van der Waals surface area contributed by atoms with Crippen LogP contribution in [0.5, 0.6) is 0 Å². The first-order valence-corrected chi connectivity index (χ1v) is 15.8. The lowest BCUT2D eigenvalue weighted by Crippen LogP contribution is -2.45. The van der Waals surface area contributed by atoms with Gasteiger partial charge in [0.15, 0.2) is 0 Å². The van der Waals surface area contributed by atoms with Gasteiger partial charge >= 0.3 is 0 Å². The van der Waals surface area contributed by atoms with Crippen molar-refractivity contribution in [3.8, 4) is 0 Å². The number of rotatable bonds is 11. The van der Waals surface area contributed by atoms with E-state index < -0.39 is 7.37 Å². The van der Waals surface area contributed by atoms with Crippen LogP contribution in [0.25, 0.3) is 0 Å². The van der Waals surface area contributed by atoms with E-state index in [-0.39, 0.29) is 18.8 Å². The minimum Gasteiger partial charge on any atom is -0.395 e. The van der Waals surface area contributed by atoms with Crippen LogP contribution in [0, 0.1) is 0 Å². The van der Waals surface area contributed by atoms with Crippen molar-refractivity contribution in [2.24, 2.45) is 0 Å². The van der Waals surface area contributed by atoms with Crippen molar-refractivity contribution in [3.63, 3.8) is 0 Å². The van der Waals surface area contributed by atoms with E-state index in [0.29, 0.717) is 6.04 Å². The Hall–Kier alpha value is -0.750. The summed E-state index contributed by atoms with van der Waals surface area (Å²) in [4.78, 5) is 17.3. The predicted octanol–water partition coefficient (Wildman–Crippen LogP) is 4.88. The lowest BCUT2D eigenvalue weighted by atomic mass is 10.1. The van der Waals surface area contributed by atoms with Crippen molar-refractivity contribution in [2.75, 3.05) is 52.5 Å². The summed E-state index contributed by atoms with van der Waals surface area (Å²) in [5.74, 6) is 0. The number of nitrogens with zero attached hydrogens (tertiary/aromatic N) is 3. The molecule has 0 bridgehead atoms. The van der Waals surface area contributed by atoms with Gasteiger partial charge in [-0.25, -0.2) is 0 Å². The van der Waals surface area contributed by atoms with E-state index >= 15 is 0 Å². The maximum Gasteiger partial charge on any atom is 0.201 e. The largest absolute Gasteiger partial charge is 0.395 e. The first-order valence-electron chi connectivity index (χ1n) is 13.5. The van der Waals surface area contributed by atoms with E-state index in [1.54, 1.807) is 0 Å². The van der Waals surface area contributed by atoms with Crippen molar-refractivity contribution < 1.29 is 14.6 Å². The average molecular weight is 498 g/mol. The van der Waals surface area contributed by atoms with Crippen LogP contribution in [0.2, 0.25) is 0 Å². The molecule has 0 spiro atoms. The topological polar surface area (TPSA) is 67.2 Å². The van der Waals surface area contributed by atoms with E-state index in [1.165, 1.54) is 31.5 Å². The summed E-state index contributed by atoms with van der Waals surface area (Å²) < 4.78 is 11.7. The highest BCUT2D eigenvalue weighted by Gasteiger charge is 2.24. The molecule has 0 amide bonds. The third kappa shape index (κ3) is 11.3. The summed E-state index contributed by atoms with van der Waals surface area (Å²) in [7, 11) is -3.04. The molecule has 0 aromatic heterocycles. The normalized spacial score (nSPS) is 20.2. The second-order valence-corrected chi connectivity index (χ2v) is 11.9. The lowest BCUT2D eigenvalue weighted by molar-refractivity contribution is 0.0983. The first kappa shape index (κ1) is 31.3. The van der Waals surface area contributed by atoms with Crippen molar-refractivity contribution >= 4 is 7.37 Å². The van der Waals surface area contributed by atoms with E-state index in [9.17, 15) is 14.6 Å². The second-order valence-electron chi connectivity index (χ2n) is 9.47. The molecule has 7 heteroatoms. The molecular weight excluding hydrogens is 445 g/mol. The van der Waals surface area contributed by atoms with Crippen LogP contribution >= 0.6 is 7.37 Å². The molecule has 2 rings (SSSR count). The minimum absolute atomic E-state index is 0.219. The zero-order valence-electron chi connectivity index (χ0n) is 22.7. The monoisotopic (exact) mass is 497 g/mol. The van der Waals surface area contributed by atoms with Gasteiger partial charge in [0.2, 0.25) is 7.37 Å². The van der Waals surface area contributed by atoms with Gasteiger partial charge in [-0.15, -0.1) is 0 Å². The first-order chi connectivity index (χ1) is 16.3. The molecule has 1 heterocycles. The van der Waals surface area contributed by atoms with Crippen molar-refractivity contribution in [1.82, 2.24) is 14.7 Å². The summed E-state index contributed by atoms with van der Waals surface area (Å²) in [6.45, 7) is 19.4. The molecule has 1 aliphatic heterocycles. The van der Waals surface area contributed by atoms with Gasteiger partial charge in [0.1, 0.15) is 0 Å². The van der Waals surface area contributed by atoms with E-state index in [2.05, 4.69) is 47.6 Å². The van der Waals surface area contributed by atoms with Crippen LogP contribution in [-0.4, -0.2) is 89.3 Å². The van der Waals surface area contributed by atoms with Crippen LogP contribution in [-0.2, 0) is 17.3 Å². The van der Waals surface area contributed by atoms with Gasteiger partial charge < -0.3 is 10.00 Å². The molecule has 1 aliphatic rings. The number of hydrogen-bond acceptors (Lipinski definition) is 5. The molecule has 1 fully saturated rings. The van der Waals surface area contributed by atoms with Gasteiger partial charge in [-0.3, -0.25) is 19.3 Å². The quantitative estimate of drug-likeness (QED) is 0.425. The molecule has 2 N–H and O–H groups in total. The van der Waals surface area contributed by atoms with Gasteiger partial charge in [0.25, 0.3) is 0 Å². The van der Waals surface area contributed by atoms with Crippen molar-refractivity contribution in [2.45, 2.75) is 85.1 Å². The Labute approximate surface area is 209 Å². The highest BCUT2D eigenvalue weighted by atomic mass is 31.2. The minimum atomic E-state index is -3.04. The number of hydrogen-bond donors (Lipinski definition) is 2. The molecule has 6 nitrogen and oxygen atoms in total. The third-order valence-electron chi connectivity index (χ3n) is 6.79. The molecule has 3 unspecified atom stereocenters. The number of aliphatic hydroxyl groups is 1. The summed E-state index contributed by atoms with van der Waals surface area (Å²) in [5, 5.41) is 9.92. The SMILES string of the molecule is CC.CCCC(CC)N1CCN(Cc2ccc(CP(C)(=O)O)cc2)CCN(C(CC)CO)CC1. The Balaban J connectivity index is 0.00000281. The Bertz CT molecular complexity index is 691. The molecule has 1 saturated heterocycles. The van der Waals surface area contributed by atoms with E-state index in [0.717, 1.165) is 57.8 Å². The molecular formula is C27H52N3O3P. The third-order valence-corrected chi connectivity index (χ3v) is 7.75. The smallest absolute Gasteiger partial charge is 0.201 e. The Kier molecular flexibility index (Phi) is 15.5. The van der Waals surface area contributed by atoms with Gasteiger partial charge in [0.05, 0.1) is 6.61 Å². The van der Waals surface area contributed by atoms with Crippen LogP contribution in [0.4, 0.5) is 0 Å². The molecule has 0 saturated carbocycles. The van der Waals surface area contributed by atoms with Crippen LogP contribution in [0.3, 0.4) is 0 Å². The Morgan fingerprint density at radius 3 is 1.76 bits per heavy atom. The fourth-order valence-corrected chi connectivity index (χ4v) is 5.74. The van der Waals surface area contributed by atoms with Crippen molar-refractivity contribution in [3.05, 3.63) is 35.4 Å². The number of aliphatic hydroxyl groups excluding tert-OH is 1. The van der Waals surface area contributed by atoms with Crippen LogP contribution in [0.1, 0.15) is 71.4 Å². The van der Waals surface area contributed by atoms with E-state index in [1.807, 2.05) is 26.0 Å². The molecule has 1 aromatic carbocycles. The predicted molar refractivity (Wildman–Crippen MR) is 146 cm³/mol. The lowest BCUT2D eigenvalue weighted by Gasteiger charge is -2.34. The van der Waals surface area contributed by atoms with E-state index in [4.69, 9.17) is 0 Å². The van der Waals surface area contributed by atoms with Gasteiger partial charge in [0, 0.05) is 70.7 Å². The molecule has 1 aromatic rings. The molecule has 34 heavy (non-hydrogen) atoms. The maximum atomic E-state index is 11.7. The summed E-state index contributed by atoms with van der Waals surface area (Å²) in [5.41, 5.74) is 2.16. The van der Waals surface area contributed by atoms with Gasteiger partial charge in [-0.05, 0) is 30.4 Å². The molecule has 3 atom stereocenters. The highest BCUT2D eigenvalue weighted by Crippen LogP contribution is 2.39. The fourth-order valence-electron chi connectivity index (χ4n) is 4.85. The zero-order chi connectivity index (χ0) is 25.6. The van der Waals surface area contributed by atoms with Crippen LogP contribution < -0.4 is 0 Å². The average Bonchev–Trinajstić information content (AvgIpc) is 2.91. The molecule has 0 radical (unpaired) electrons. The Morgan fingerprint density at radius 1 is 0.853 bits per heavy atom. The van der Waals surface area contributed by atoms with Gasteiger partial charge in [-0.1, -0.05) is 65.3 Å². The summed E-state index contributed by atoms with van der Waals surface area (Å²) in [6.07, 6.45) is 4.83. The zero-order valence-corrected chi connectivity index (χ0v) is 23.6. The molecule has 0 aliphatic carbocycles. The summed E-state index contributed by atoms with van der Waals surface area (Å²) in [6, 6.07) is 9.03. The second kappa shape index (κ2) is 16.8. The fraction of sp³-hybridized carbons (Fsp3) is 0.778. The standard InChI is InChI=1S/C25H46N3O3P.C2H6/c1-5-8-24(6-2)27-15-13-26(14-16-28(18-17-27)25(7-3)20-29)19-22-9-11-23(12-10-22)21-32(4,30)31;1-2/h9-12,24-25,29H,5-8,13-21H2,1-4H3,(H,30,31);1-2H3. The van der Waals surface area contributed by atoms with Gasteiger partial charge in [-0.2, -0.15) is 0 Å². The Morgan fingerprint density at radius 2 is 1.32 bits per heavy atom. The maximum absolute atomic E-state index is 11.7. The van der Waals surface area contributed by atoms with Crippen LogP contribution in [0.15, 0.2) is 24.3 Å². The summed E-state index contributed by atoms with van der Waals surface area (Å²) >= 11 is 0. The number of benzene rings is 1. The highest BCUT2D eigenvalue weighted by molar-refractivity contribution is 7.56. The van der Waals surface area contributed by atoms with Crippen molar-refractivity contribution in [1.29, 1.82) is 0 Å². The molecule has 198 valence electrons.